The molecule has 4 nitrogen and oxygen atoms in total. The molecule has 3 N–H and O–H groups in total. The normalized spacial score (nSPS) is 27.1. The summed E-state index contributed by atoms with van der Waals surface area (Å²) >= 11 is 0. The number of hydrogen-bond donors (Lipinski definition) is 2. The summed E-state index contributed by atoms with van der Waals surface area (Å²) in [6.07, 6.45) is 2.34. The molecule has 1 rings (SSSR count). The number of piperidine rings is 1. The maximum absolute atomic E-state index is 11.7. The van der Waals surface area contributed by atoms with Crippen molar-refractivity contribution in [3.63, 3.8) is 0 Å². The molecular weight excluding hydrogens is 202 g/mol. The molecule has 2 unspecified atom stereocenters. The van der Waals surface area contributed by atoms with E-state index in [2.05, 4.69) is 17.1 Å². The molecule has 1 saturated heterocycles. The largest absolute Gasteiger partial charge is 0.353 e. The van der Waals surface area contributed by atoms with Crippen LogP contribution in [0.25, 0.3) is 0 Å². The average molecular weight is 227 g/mol. The summed E-state index contributed by atoms with van der Waals surface area (Å²) in [6, 6.07) is 0.721. The fourth-order valence-electron chi connectivity index (χ4n) is 2.23. The minimum absolute atomic E-state index is 0.125. The van der Waals surface area contributed by atoms with Crippen molar-refractivity contribution in [3.05, 3.63) is 0 Å². The van der Waals surface area contributed by atoms with E-state index in [1.165, 1.54) is 6.42 Å². The van der Waals surface area contributed by atoms with Gasteiger partial charge in [0.05, 0.1) is 6.54 Å². The van der Waals surface area contributed by atoms with Gasteiger partial charge in [-0.3, -0.25) is 9.69 Å². The number of nitrogens with two attached hydrogens (primary N) is 1. The summed E-state index contributed by atoms with van der Waals surface area (Å²) in [6.45, 7) is 8.36. The summed E-state index contributed by atoms with van der Waals surface area (Å²) in [5.74, 6) is 0.683. The van der Waals surface area contributed by atoms with Crippen LogP contribution >= 0.6 is 0 Å². The zero-order valence-electron chi connectivity index (χ0n) is 10.7. The first-order valence-corrected chi connectivity index (χ1v) is 6.26. The molecule has 0 aromatic heterocycles. The van der Waals surface area contributed by atoms with Crippen LogP contribution in [0.1, 0.15) is 33.6 Å². The zero-order valence-corrected chi connectivity index (χ0v) is 10.7. The minimum Gasteiger partial charge on any atom is -0.353 e. The summed E-state index contributed by atoms with van der Waals surface area (Å²) in [5, 5.41) is 2.93. The summed E-state index contributed by atoms with van der Waals surface area (Å²) < 4.78 is 0. The molecule has 1 fully saturated rings. The Morgan fingerprint density at radius 1 is 1.50 bits per heavy atom. The molecule has 94 valence electrons. The van der Waals surface area contributed by atoms with E-state index in [1.807, 2.05) is 13.8 Å². The SMILES string of the molecule is CC(C)NC(=O)CN1CC(CN)CCC1C. The highest BCUT2D eigenvalue weighted by molar-refractivity contribution is 5.78. The summed E-state index contributed by atoms with van der Waals surface area (Å²) in [5.41, 5.74) is 5.70. The number of rotatable bonds is 4. The summed E-state index contributed by atoms with van der Waals surface area (Å²) in [7, 11) is 0. The van der Waals surface area contributed by atoms with Crippen LogP contribution in [0.4, 0.5) is 0 Å². The van der Waals surface area contributed by atoms with Gasteiger partial charge >= 0.3 is 0 Å². The average Bonchev–Trinajstić information content (AvgIpc) is 2.20. The topological polar surface area (TPSA) is 58.4 Å². The van der Waals surface area contributed by atoms with Crippen LogP contribution in [0, 0.1) is 5.92 Å². The molecule has 1 amide bonds. The molecule has 0 spiro atoms. The van der Waals surface area contributed by atoms with Gasteiger partial charge in [0.2, 0.25) is 5.91 Å². The number of hydrogen-bond acceptors (Lipinski definition) is 3. The van der Waals surface area contributed by atoms with Crippen LogP contribution in [-0.2, 0) is 4.79 Å². The lowest BCUT2D eigenvalue weighted by Gasteiger charge is -2.37. The quantitative estimate of drug-likeness (QED) is 0.738. The third-order valence-corrected chi connectivity index (χ3v) is 3.24. The number of nitrogens with zero attached hydrogens (tertiary/aromatic N) is 1. The number of likely N-dealkylation sites (tertiary alicyclic amines) is 1. The van der Waals surface area contributed by atoms with Crippen LogP contribution < -0.4 is 11.1 Å². The number of carbonyl (C=O) groups excluding carboxylic acids is 1. The van der Waals surface area contributed by atoms with Crippen molar-refractivity contribution in [1.82, 2.24) is 10.2 Å². The van der Waals surface area contributed by atoms with E-state index in [-0.39, 0.29) is 11.9 Å². The van der Waals surface area contributed by atoms with E-state index in [0.717, 1.165) is 19.5 Å². The second-order valence-corrected chi connectivity index (χ2v) is 5.18. The van der Waals surface area contributed by atoms with E-state index in [1.54, 1.807) is 0 Å². The van der Waals surface area contributed by atoms with Gasteiger partial charge in [-0.1, -0.05) is 0 Å². The van der Waals surface area contributed by atoms with Crippen LogP contribution in [0.2, 0.25) is 0 Å². The van der Waals surface area contributed by atoms with Gasteiger partial charge in [0.25, 0.3) is 0 Å². The van der Waals surface area contributed by atoms with E-state index in [0.29, 0.717) is 18.5 Å². The first-order valence-electron chi connectivity index (χ1n) is 6.26. The zero-order chi connectivity index (χ0) is 12.1. The molecule has 4 heteroatoms. The molecule has 1 aliphatic rings. The van der Waals surface area contributed by atoms with Gasteiger partial charge in [0.15, 0.2) is 0 Å². The Kier molecular flexibility index (Phi) is 5.22. The van der Waals surface area contributed by atoms with E-state index < -0.39 is 0 Å². The van der Waals surface area contributed by atoms with Gasteiger partial charge in [-0.15, -0.1) is 0 Å². The third-order valence-electron chi connectivity index (χ3n) is 3.24. The van der Waals surface area contributed by atoms with Crippen LogP contribution in [0.5, 0.6) is 0 Å². The molecule has 0 radical (unpaired) electrons. The molecule has 1 heterocycles. The highest BCUT2D eigenvalue weighted by Crippen LogP contribution is 2.20. The van der Waals surface area contributed by atoms with Gasteiger partial charge in [0.1, 0.15) is 0 Å². The lowest BCUT2D eigenvalue weighted by Crippen LogP contribution is -2.49. The third kappa shape index (κ3) is 4.10. The minimum atomic E-state index is 0.125. The Labute approximate surface area is 98.6 Å². The Morgan fingerprint density at radius 2 is 2.19 bits per heavy atom. The highest BCUT2D eigenvalue weighted by atomic mass is 16.2. The van der Waals surface area contributed by atoms with Crippen molar-refractivity contribution in [1.29, 1.82) is 0 Å². The van der Waals surface area contributed by atoms with Crippen LogP contribution in [0.3, 0.4) is 0 Å². The predicted molar refractivity (Wildman–Crippen MR) is 66.1 cm³/mol. The molecule has 1 aliphatic heterocycles. The molecular formula is C12H25N3O. The maximum Gasteiger partial charge on any atom is 0.234 e. The predicted octanol–water partition coefficient (Wildman–Crippen LogP) is 0.570. The molecule has 0 aliphatic carbocycles. The van der Waals surface area contributed by atoms with Gasteiger partial charge in [-0.05, 0) is 46.1 Å². The van der Waals surface area contributed by atoms with Crippen LogP contribution in [-0.4, -0.2) is 42.5 Å². The molecule has 16 heavy (non-hydrogen) atoms. The first kappa shape index (κ1) is 13.5. The van der Waals surface area contributed by atoms with Crippen molar-refractivity contribution in [3.8, 4) is 0 Å². The second-order valence-electron chi connectivity index (χ2n) is 5.18. The Morgan fingerprint density at radius 3 is 2.75 bits per heavy atom. The fourth-order valence-corrected chi connectivity index (χ4v) is 2.23. The van der Waals surface area contributed by atoms with Crippen molar-refractivity contribution < 1.29 is 4.79 Å². The van der Waals surface area contributed by atoms with E-state index >= 15 is 0 Å². The maximum atomic E-state index is 11.7. The van der Waals surface area contributed by atoms with E-state index in [4.69, 9.17) is 5.73 Å². The monoisotopic (exact) mass is 227 g/mol. The highest BCUT2D eigenvalue weighted by Gasteiger charge is 2.25. The van der Waals surface area contributed by atoms with E-state index in [9.17, 15) is 4.79 Å². The van der Waals surface area contributed by atoms with Crippen molar-refractivity contribution in [2.45, 2.75) is 45.7 Å². The van der Waals surface area contributed by atoms with Gasteiger partial charge < -0.3 is 11.1 Å². The number of amides is 1. The Bertz CT molecular complexity index is 230. The number of carbonyl (C=O) groups is 1. The smallest absolute Gasteiger partial charge is 0.234 e. The first-order chi connectivity index (χ1) is 7.52. The molecule has 2 atom stereocenters. The van der Waals surface area contributed by atoms with Crippen LogP contribution in [0.15, 0.2) is 0 Å². The second kappa shape index (κ2) is 6.21. The molecule has 0 saturated carbocycles. The molecule has 0 aromatic carbocycles. The van der Waals surface area contributed by atoms with Gasteiger partial charge in [-0.2, -0.15) is 0 Å². The fraction of sp³-hybridized carbons (Fsp3) is 0.917. The van der Waals surface area contributed by atoms with Crippen molar-refractivity contribution >= 4 is 5.91 Å². The summed E-state index contributed by atoms with van der Waals surface area (Å²) in [4.78, 5) is 13.9. The lowest BCUT2D eigenvalue weighted by molar-refractivity contribution is -0.123. The van der Waals surface area contributed by atoms with Crippen molar-refractivity contribution in [2.75, 3.05) is 19.6 Å². The van der Waals surface area contributed by atoms with Crippen molar-refractivity contribution in [2.24, 2.45) is 11.7 Å². The number of nitrogens with one attached hydrogen (secondary N) is 1. The molecule has 0 bridgehead atoms. The Balaban J connectivity index is 2.41. The Hall–Kier alpha value is -0.610. The van der Waals surface area contributed by atoms with Gasteiger partial charge in [-0.25, -0.2) is 0 Å². The molecule has 0 aromatic rings. The lowest BCUT2D eigenvalue weighted by atomic mass is 9.93. The standard InChI is InChI=1S/C12H25N3O/c1-9(2)14-12(16)8-15-7-11(6-13)5-4-10(15)3/h9-11H,4-8,13H2,1-3H3,(H,14,16). The van der Waals surface area contributed by atoms with Gasteiger partial charge in [0, 0.05) is 18.6 Å².